The van der Waals surface area contributed by atoms with Crippen LogP contribution >= 0.6 is 0 Å². The molecule has 0 spiro atoms. The van der Waals surface area contributed by atoms with E-state index < -0.39 is 0 Å². The molecule has 1 aliphatic rings. The first kappa shape index (κ1) is 15.1. The van der Waals surface area contributed by atoms with Crippen molar-refractivity contribution in [1.29, 1.82) is 0 Å². The van der Waals surface area contributed by atoms with Gasteiger partial charge in [-0.25, -0.2) is 0 Å². The molecule has 134 valence electrons. The van der Waals surface area contributed by atoms with Crippen LogP contribution in [0.3, 0.4) is 0 Å². The van der Waals surface area contributed by atoms with E-state index in [1.807, 2.05) is 0 Å². The van der Waals surface area contributed by atoms with Crippen molar-refractivity contribution in [3.63, 3.8) is 0 Å². The van der Waals surface area contributed by atoms with E-state index in [2.05, 4.69) is 108 Å². The van der Waals surface area contributed by atoms with E-state index in [0.717, 1.165) is 0 Å². The number of aromatic nitrogens is 1. The normalized spacial score (nSPS) is 12.1. The van der Waals surface area contributed by atoms with Crippen LogP contribution in [-0.2, 0) is 0 Å². The van der Waals surface area contributed by atoms with Gasteiger partial charge in [0.05, 0.1) is 16.7 Å². The minimum absolute atomic E-state index is 1.25. The summed E-state index contributed by atoms with van der Waals surface area (Å²) in [7, 11) is 0. The summed E-state index contributed by atoms with van der Waals surface area (Å²) in [4.78, 5) is 0. The number of hydrogen-bond acceptors (Lipinski definition) is 0. The standard InChI is InChI=1S/C28H17N/c1-2-10-19-18(9-1)17-24-21-12-4-3-11-20(21)22-13-5-7-15-25(22)29-26-16-8-6-14-23(26)27(19)28(24)29/h1-17H. The summed E-state index contributed by atoms with van der Waals surface area (Å²) in [6.07, 6.45) is 0. The lowest BCUT2D eigenvalue weighted by atomic mass is 9.91. The fraction of sp³-hybridized carbons (Fsp3) is 0. The van der Waals surface area contributed by atoms with Crippen LogP contribution in [0.5, 0.6) is 0 Å². The Balaban J connectivity index is 1.89. The smallest absolute Gasteiger partial charge is 0.0626 e. The zero-order chi connectivity index (χ0) is 18.9. The molecule has 2 heterocycles. The molecule has 1 aromatic heterocycles. The van der Waals surface area contributed by atoms with E-state index in [1.165, 1.54) is 60.5 Å². The minimum atomic E-state index is 1.25. The molecule has 1 heteroatoms. The zero-order valence-electron chi connectivity index (χ0n) is 15.8. The van der Waals surface area contributed by atoms with Gasteiger partial charge in [0, 0.05) is 21.9 Å². The summed E-state index contributed by atoms with van der Waals surface area (Å²) >= 11 is 0. The highest BCUT2D eigenvalue weighted by atomic mass is 15.0. The van der Waals surface area contributed by atoms with E-state index in [0.29, 0.717) is 0 Å². The van der Waals surface area contributed by atoms with Gasteiger partial charge >= 0.3 is 0 Å². The van der Waals surface area contributed by atoms with Crippen LogP contribution in [0.2, 0.25) is 0 Å². The predicted octanol–water partition coefficient (Wildman–Crippen LogP) is 7.58. The van der Waals surface area contributed by atoms with Crippen molar-refractivity contribution >= 4 is 32.6 Å². The first-order valence-corrected chi connectivity index (χ1v) is 10.1. The molecule has 5 aromatic carbocycles. The molecular weight excluding hydrogens is 350 g/mol. The Morgan fingerprint density at radius 1 is 0.483 bits per heavy atom. The fourth-order valence-corrected chi connectivity index (χ4v) is 5.15. The Hall–Kier alpha value is -3.84. The molecule has 6 aromatic rings. The van der Waals surface area contributed by atoms with Crippen LogP contribution in [0.4, 0.5) is 0 Å². The first-order chi connectivity index (χ1) is 14.4. The quantitative estimate of drug-likeness (QED) is 0.260. The Labute approximate surface area is 168 Å². The van der Waals surface area contributed by atoms with E-state index in [-0.39, 0.29) is 0 Å². The molecule has 0 saturated carbocycles. The number of para-hydroxylation sites is 2. The van der Waals surface area contributed by atoms with Crippen molar-refractivity contribution in [3.8, 4) is 27.9 Å². The van der Waals surface area contributed by atoms with Gasteiger partial charge < -0.3 is 4.57 Å². The molecule has 0 amide bonds. The maximum atomic E-state index is 2.47. The van der Waals surface area contributed by atoms with Crippen LogP contribution in [0.15, 0.2) is 103 Å². The number of hydrogen-bond donors (Lipinski definition) is 0. The molecule has 0 aliphatic carbocycles. The van der Waals surface area contributed by atoms with Crippen molar-refractivity contribution in [2.45, 2.75) is 0 Å². The molecule has 0 N–H and O–H groups in total. The van der Waals surface area contributed by atoms with E-state index >= 15 is 0 Å². The SMILES string of the molecule is c1ccc2c(c1)-c1ccccc1-n1c3ccccc3c3c4ccccc4cc-2c31. The summed E-state index contributed by atoms with van der Waals surface area (Å²) in [5.41, 5.74) is 9.01. The molecule has 29 heavy (non-hydrogen) atoms. The Kier molecular flexibility index (Phi) is 2.80. The Morgan fingerprint density at radius 2 is 1.10 bits per heavy atom. The van der Waals surface area contributed by atoms with Gasteiger partial charge in [-0.05, 0) is 40.1 Å². The van der Waals surface area contributed by atoms with Crippen molar-refractivity contribution in [2.75, 3.05) is 0 Å². The fourth-order valence-electron chi connectivity index (χ4n) is 5.15. The van der Waals surface area contributed by atoms with Crippen LogP contribution in [0.25, 0.3) is 60.5 Å². The van der Waals surface area contributed by atoms with Gasteiger partial charge in [-0.3, -0.25) is 0 Å². The third-order valence-electron chi connectivity index (χ3n) is 6.31. The lowest BCUT2D eigenvalue weighted by Gasteiger charge is -2.11. The topological polar surface area (TPSA) is 4.93 Å². The molecule has 0 bridgehead atoms. The molecule has 0 radical (unpaired) electrons. The highest BCUT2D eigenvalue weighted by Crippen LogP contribution is 2.48. The van der Waals surface area contributed by atoms with Gasteiger partial charge in [0.1, 0.15) is 0 Å². The van der Waals surface area contributed by atoms with Gasteiger partial charge in [0.2, 0.25) is 0 Å². The average Bonchev–Trinajstić information content (AvgIpc) is 3.08. The van der Waals surface area contributed by atoms with Crippen LogP contribution in [0, 0.1) is 0 Å². The molecule has 0 unspecified atom stereocenters. The molecular formula is C28H17N. The third-order valence-corrected chi connectivity index (χ3v) is 6.31. The lowest BCUT2D eigenvalue weighted by molar-refractivity contribution is 1.19. The Morgan fingerprint density at radius 3 is 1.97 bits per heavy atom. The van der Waals surface area contributed by atoms with Crippen molar-refractivity contribution < 1.29 is 0 Å². The van der Waals surface area contributed by atoms with E-state index in [1.54, 1.807) is 0 Å². The lowest BCUT2D eigenvalue weighted by Crippen LogP contribution is -1.95. The molecule has 1 aliphatic heterocycles. The molecule has 0 fully saturated rings. The van der Waals surface area contributed by atoms with Crippen LogP contribution in [0.1, 0.15) is 0 Å². The largest absolute Gasteiger partial charge is 0.308 e. The van der Waals surface area contributed by atoms with Crippen molar-refractivity contribution in [3.05, 3.63) is 103 Å². The zero-order valence-corrected chi connectivity index (χ0v) is 15.8. The molecule has 7 rings (SSSR count). The summed E-state index contributed by atoms with van der Waals surface area (Å²) in [5.74, 6) is 0. The molecule has 1 nitrogen and oxygen atoms in total. The first-order valence-electron chi connectivity index (χ1n) is 10.1. The summed E-state index contributed by atoms with van der Waals surface area (Å²) in [6.45, 7) is 0. The number of benzene rings is 5. The maximum Gasteiger partial charge on any atom is 0.0626 e. The van der Waals surface area contributed by atoms with Gasteiger partial charge in [0.15, 0.2) is 0 Å². The second-order valence-electron chi connectivity index (χ2n) is 7.78. The van der Waals surface area contributed by atoms with E-state index in [9.17, 15) is 0 Å². The number of nitrogens with zero attached hydrogens (tertiary/aromatic N) is 1. The highest BCUT2D eigenvalue weighted by molar-refractivity contribution is 6.26. The predicted molar refractivity (Wildman–Crippen MR) is 123 cm³/mol. The van der Waals surface area contributed by atoms with Gasteiger partial charge in [-0.1, -0.05) is 84.9 Å². The Bertz CT molecular complexity index is 1600. The van der Waals surface area contributed by atoms with Crippen molar-refractivity contribution in [2.24, 2.45) is 0 Å². The summed E-state index contributed by atoms with van der Waals surface area (Å²) in [5, 5.41) is 5.27. The summed E-state index contributed by atoms with van der Waals surface area (Å²) in [6, 6.07) is 37.6. The number of fused-ring (bicyclic) bond motifs is 10. The average molecular weight is 367 g/mol. The monoisotopic (exact) mass is 367 g/mol. The van der Waals surface area contributed by atoms with Crippen molar-refractivity contribution in [1.82, 2.24) is 4.57 Å². The minimum Gasteiger partial charge on any atom is -0.308 e. The van der Waals surface area contributed by atoms with Gasteiger partial charge in [-0.2, -0.15) is 0 Å². The van der Waals surface area contributed by atoms with Gasteiger partial charge in [-0.15, -0.1) is 0 Å². The molecule has 0 atom stereocenters. The summed E-state index contributed by atoms with van der Waals surface area (Å²) < 4.78 is 2.47. The number of rotatable bonds is 0. The van der Waals surface area contributed by atoms with E-state index in [4.69, 9.17) is 0 Å². The van der Waals surface area contributed by atoms with Crippen LogP contribution in [-0.4, -0.2) is 4.57 Å². The third kappa shape index (κ3) is 1.85. The molecule has 0 saturated heterocycles. The second kappa shape index (κ2) is 5.36. The maximum absolute atomic E-state index is 2.47. The second-order valence-corrected chi connectivity index (χ2v) is 7.78. The van der Waals surface area contributed by atoms with Gasteiger partial charge in [0.25, 0.3) is 0 Å². The van der Waals surface area contributed by atoms with Crippen LogP contribution < -0.4 is 0 Å². The highest BCUT2D eigenvalue weighted by Gasteiger charge is 2.25.